The van der Waals surface area contributed by atoms with Gasteiger partial charge in [-0.15, -0.1) is 0 Å². The van der Waals surface area contributed by atoms with E-state index in [1.165, 1.54) is 128 Å². The Labute approximate surface area is 352 Å². The SMILES string of the molecule is CCCCCCCCCCCCCCCCC/C=C/C(O)C(COC1OC(CO)C(O)C(OS(=O)(=O)O)C1O)NC(=O)C(O)CCCCCCCCCCCCCC. The predicted octanol–water partition coefficient (Wildman–Crippen LogP) is 7.75. The van der Waals surface area contributed by atoms with E-state index in [9.17, 15) is 43.3 Å². The van der Waals surface area contributed by atoms with Crippen molar-refractivity contribution in [3.8, 4) is 0 Å². The van der Waals surface area contributed by atoms with E-state index < -0.39 is 78.5 Å². The second kappa shape index (κ2) is 35.4. The first kappa shape index (κ1) is 54.8. The minimum absolute atomic E-state index is 0.247. The highest BCUT2D eigenvalue weighted by atomic mass is 32.3. The van der Waals surface area contributed by atoms with Crippen molar-refractivity contribution >= 4 is 16.3 Å². The zero-order chi connectivity index (χ0) is 42.9. The van der Waals surface area contributed by atoms with Crippen LogP contribution in [0.15, 0.2) is 12.2 Å². The highest BCUT2D eigenvalue weighted by Crippen LogP contribution is 2.26. The summed E-state index contributed by atoms with van der Waals surface area (Å²) in [6.45, 7) is 3.21. The molecule has 0 aromatic rings. The molecule has 13 nitrogen and oxygen atoms in total. The van der Waals surface area contributed by atoms with Crippen molar-refractivity contribution in [3.63, 3.8) is 0 Å². The van der Waals surface area contributed by atoms with Crippen molar-refractivity contribution in [3.05, 3.63) is 12.2 Å². The molecule has 344 valence electrons. The molecule has 0 saturated carbocycles. The lowest BCUT2D eigenvalue weighted by Crippen LogP contribution is -2.61. The maximum absolute atomic E-state index is 13.1. The largest absolute Gasteiger partial charge is 0.397 e. The van der Waals surface area contributed by atoms with E-state index in [1.807, 2.05) is 6.08 Å². The number of allylic oxidation sites excluding steroid dienone is 1. The standard InChI is InChI=1S/C44H85NO12S/c1-3-5-7-9-11-13-15-17-18-19-20-21-23-24-26-28-30-32-37(47)36(35-55-44-41(50)42(57-58(52,53)54)40(49)39(34-46)56-44)45-43(51)38(48)33-31-29-27-25-22-16-14-12-10-8-6-4-2/h30,32,36-42,44,46-50H,3-29,31,33-35H2,1-2H3,(H,45,51)(H,52,53,54)/b32-30+. The zero-order valence-corrected chi connectivity index (χ0v) is 37.1. The first-order valence-corrected chi connectivity index (χ1v) is 24.5. The maximum atomic E-state index is 13.1. The number of carbonyl (C=O) groups is 1. The van der Waals surface area contributed by atoms with Gasteiger partial charge < -0.3 is 40.3 Å². The zero-order valence-electron chi connectivity index (χ0n) is 36.2. The summed E-state index contributed by atoms with van der Waals surface area (Å²) in [4.78, 5) is 13.1. The Morgan fingerprint density at radius 2 is 1.12 bits per heavy atom. The summed E-state index contributed by atoms with van der Waals surface area (Å²) in [5, 5.41) is 55.1. The summed E-state index contributed by atoms with van der Waals surface area (Å²) in [6, 6.07) is -1.11. The number of unbranched alkanes of at least 4 members (excludes halogenated alkanes) is 26. The number of aliphatic hydroxyl groups excluding tert-OH is 5. The lowest BCUT2D eigenvalue weighted by atomic mass is 9.99. The van der Waals surface area contributed by atoms with Crippen molar-refractivity contribution in [2.45, 2.75) is 249 Å². The topological polar surface area (TPSA) is 212 Å². The van der Waals surface area contributed by atoms with Crippen LogP contribution in [-0.4, -0.2) is 107 Å². The van der Waals surface area contributed by atoms with E-state index in [4.69, 9.17) is 9.47 Å². The number of nitrogens with one attached hydrogen (secondary N) is 1. The van der Waals surface area contributed by atoms with E-state index in [0.717, 1.165) is 38.5 Å². The van der Waals surface area contributed by atoms with Crippen molar-refractivity contribution in [1.82, 2.24) is 5.32 Å². The molecule has 0 radical (unpaired) electrons. The van der Waals surface area contributed by atoms with Crippen molar-refractivity contribution < 1.29 is 57.0 Å². The molecule has 0 aromatic heterocycles. The van der Waals surface area contributed by atoms with Gasteiger partial charge in [0.2, 0.25) is 5.91 Å². The molecular weight excluding hydrogens is 767 g/mol. The van der Waals surface area contributed by atoms with E-state index in [1.54, 1.807) is 6.08 Å². The maximum Gasteiger partial charge on any atom is 0.397 e. The number of rotatable bonds is 39. The van der Waals surface area contributed by atoms with Gasteiger partial charge in [-0.3, -0.25) is 9.35 Å². The van der Waals surface area contributed by atoms with Crippen LogP contribution in [0.2, 0.25) is 0 Å². The Morgan fingerprint density at radius 3 is 1.55 bits per heavy atom. The normalized spacial score (nSPS) is 21.7. The van der Waals surface area contributed by atoms with Crippen LogP contribution < -0.4 is 5.32 Å². The number of aliphatic hydroxyl groups is 5. The molecule has 1 aliphatic rings. The molecule has 7 N–H and O–H groups in total. The Hall–Kier alpha value is -1.20. The third-order valence-electron chi connectivity index (χ3n) is 11.2. The summed E-state index contributed by atoms with van der Waals surface area (Å²) >= 11 is 0. The third kappa shape index (κ3) is 27.6. The monoisotopic (exact) mass is 852 g/mol. The number of hydrogen-bond donors (Lipinski definition) is 7. The van der Waals surface area contributed by atoms with Crippen LogP contribution in [0.25, 0.3) is 0 Å². The molecule has 1 rings (SSSR count). The Kier molecular flexibility index (Phi) is 33.5. The third-order valence-corrected chi connectivity index (χ3v) is 11.6. The predicted molar refractivity (Wildman–Crippen MR) is 228 cm³/mol. The second-order valence-corrected chi connectivity index (χ2v) is 17.5. The molecule has 1 aliphatic heterocycles. The smallest absolute Gasteiger partial charge is 0.394 e. The minimum Gasteiger partial charge on any atom is -0.394 e. The fourth-order valence-corrected chi connectivity index (χ4v) is 7.97. The van der Waals surface area contributed by atoms with Crippen molar-refractivity contribution in [1.29, 1.82) is 0 Å². The quantitative estimate of drug-likeness (QED) is 0.0180. The molecule has 0 spiro atoms. The Morgan fingerprint density at radius 1 is 0.690 bits per heavy atom. The van der Waals surface area contributed by atoms with E-state index in [2.05, 4.69) is 23.3 Å². The number of ether oxygens (including phenoxy) is 2. The molecule has 1 heterocycles. The van der Waals surface area contributed by atoms with E-state index in [-0.39, 0.29) is 6.42 Å². The van der Waals surface area contributed by atoms with Gasteiger partial charge >= 0.3 is 10.4 Å². The highest BCUT2D eigenvalue weighted by molar-refractivity contribution is 7.80. The molecule has 1 amide bonds. The Bertz CT molecular complexity index is 1110. The molecule has 1 fully saturated rings. The van der Waals surface area contributed by atoms with Gasteiger partial charge in [0.1, 0.15) is 30.5 Å². The first-order chi connectivity index (χ1) is 27.9. The molecule has 58 heavy (non-hydrogen) atoms. The average molecular weight is 852 g/mol. The van der Waals surface area contributed by atoms with Gasteiger partial charge in [0.05, 0.1) is 25.4 Å². The average Bonchev–Trinajstić information content (AvgIpc) is 3.19. The van der Waals surface area contributed by atoms with Crippen LogP contribution in [0.5, 0.6) is 0 Å². The summed E-state index contributed by atoms with van der Waals surface area (Å²) in [5.41, 5.74) is 0. The second-order valence-electron chi connectivity index (χ2n) is 16.5. The van der Waals surface area contributed by atoms with Crippen molar-refractivity contribution in [2.24, 2.45) is 0 Å². The van der Waals surface area contributed by atoms with Crippen LogP contribution in [0.1, 0.15) is 200 Å². The number of carbonyl (C=O) groups excluding carboxylic acids is 1. The van der Waals surface area contributed by atoms with Gasteiger partial charge in [0.25, 0.3) is 0 Å². The molecule has 14 heteroatoms. The van der Waals surface area contributed by atoms with Gasteiger partial charge in [-0.05, 0) is 19.3 Å². The van der Waals surface area contributed by atoms with Crippen LogP contribution in [0.4, 0.5) is 0 Å². The minimum atomic E-state index is -5.11. The molecule has 1 saturated heterocycles. The van der Waals surface area contributed by atoms with Gasteiger partial charge in [-0.25, -0.2) is 4.18 Å². The van der Waals surface area contributed by atoms with Gasteiger partial charge in [0, 0.05) is 0 Å². The lowest BCUT2D eigenvalue weighted by molar-refractivity contribution is -0.298. The molecule has 0 bridgehead atoms. The van der Waals surface area contributed by atoms with Crippen LogP contribution in [-0.2, 0) is 28.9 Å². The fraction of sp³-hybridized carbons (Fsp3) is 0.932. The number of hydrogen-bond acceptors (Lipinski definition) is 11. The molecular formula is C44H85NO12S. The molecule has 0 aliphatic carbocycles. The first-order valence-electron chi connectivity index (χ1n) is 23.2. The van der Waals surface area contributed by atoms with Gasteiger partial charge in [0.15, 0.2) is 6.29 Å². The molecule has 0 aromatic carbocycles. The van der Waals surface area contributed by atoms with Crippen LogP contribution in [0, 0.1) is 0 Å². The van der Waals surface area contributed by atoms with Crippen molar-refractivity contribution in [2.75, 3.05) is 13.2 Å². The summed E-state index contributed by atoms with van der Waals surface area (Å²) in [7, 11) is -5.11. The lowest BCUT2D eigenvalue weighted by Gasteiger charge is -2.41. The highest BCUT2D eigenvalue weighted by Gasteiger charge is 2.48. The molecule has 8 unspecified atom stereocenters. The Balaban J connectivity index is 2.59. The van der Waals surface area contributed by atoms with E-state index >= 15 is 0 Å². The summed E-state index contributed by atoms with van der Waals surface area (Å²) in [5.74, 6) is -0.701. The van der Waals surface area contributed by atoms with E-state index in [0.29, 0.717) is 12.8 Å². The van der Waals surface area contributed by atoms with Gasteiger partial charge in [-0.2, -0.15) is 8.42 Å². The molecule has 8 atom stereocenters. The number of amides is 1. The van der Waals surface area contributed by atoms with Gasteiger partial charge in [-0.1, -0.05) is 193 Å². The van der Waals surface area contributed by atoms with Crippen LogP contribution >= 0.6 is 0 Å². The van der Waals surface area contributed by atoms with Crippen LogP contribution in [0.3, 0.4) is 0 Å². The summed E-state index contributed by atoms with van der Waals surface area (Å²) in [6.07, 6.45) is 25.8. The fourth-order valence-electron chi connectivity index (χ4n) is 7.46. The summed E-state index contributed by atoms with van der Waals surface area (Å²) < 4.78 is 47.5.